The molecule has 2 aromatic rings. The summed E-state index contributed by atoms with van der Waals surface area (Å²) in [6.07, 6.45) is 4.74. The summed E-state index contributed by atoms with van der Waals surface area (Å²) in [4.78, 5) is 11.7. The molecule has 2 aromatic carbocycles. The van der Waals surface area contributed by atoms with Gasteiger partial charge in [-0.2, -0.15) is 0 Å². The lowest BCUT2D eigenvalue weighted by Gasteiger charge is -2.38. The highest BCUT2D eigenvalue weighted by molar-refractivity contribution is 5.78. The molecule has 3 rings (SSSR count). The van der Waals surface area contributed by atoms with Crippen molar-refractivity contribution >= 4 is 5.97 Å². The topological polar surface area (TPSA) is 55.8 Å². The molecule has 3 atom stereocenters. The second-order valence-electron chi connectivity index (χ2n) is 7.19. The van der Waals surface area contributed by atoms with E-state index < -0.39 is 6.10 Å². The Labute approximate surface area is 161 Å². The fourth-order valence-corrected chi connectivity index (χ4v) is 3.46. The second-order valence-corrected chi connectivity index (χ2v) is 7.19. The summed E-state index contributed by atoms with van der Waals surface area (Å²) in [5.41, 5.74) is 0.996. The maximum absolute atomic E-state index is 11.7. The van der Waals surface area contributed by atoms with Gasteiger partial charge in [0, 0.05) is 6.42 Å². The predicted molar refractivity (Wildman–Crippen MR) is 105 cm³/mol. The molecule has 0 aliphatic carbocycles. The Morgan fingerprint density at radius 3 is 2.37 bits per heavy atom. The number of hydrogen-bond acceptors (Lipinski definition) is 4. The Kier molecular flexibility index (Phi) is 6.88. The summed E-state index contributed by atoms with van der Waals surface area (Å²) in [6, 6.07) is 17.3. The number of ether oxygens (including phenoxy) is 2. The minimum absolute atomic E-state index is 0.155. The maximum Gasteiger partial charge on any atom is 0.313 e. The van der Waals surface area contributed by atoms with Crippen molar-refractivity contribution in [3.05, 3.63) is 60.2 Å². The summed E-state index contributed by atoms with van der Waals surface area (Å²) in [7, 11) is 0. The van der Waals surface area contributed by atoms with Gasteiger partial charge >= 0.3 is 5.97 Å². The van der Waals surface area contributed by atoms with E-state index in [1.165, 1.54) is 12.8 Å². The molecule has 1 fully saturated rings. The molecule has 1 heterocycles. The van der Waals surface area contributed by atoms with E-state index >= 15 is 0 Å². The third-order valence-electron chi connectivity index (χ3n) is 5.05. The molecule has 1 aliphatic heterocycles. The third kappa shape index (κ3) is 5.33. The number of hydrogen-bond donors (Lipinski definition) is 1. The zero-order valence-corrected chi connectivity index (χ0v) is 15.8. The quantitative estimate of drug-likeness (QED) is 0.479. The van der Waals surface area contributed by atoms with E-state index in [1.54, 1.807) is 0 Å². The number of rotatable bonds is 10. The number of benzene rings is 2. The van der Waals surface area contributed by atoms with Gasteiger partial charge in [0.15, 0.2) is 0 Å². The molecule has 0 radical (unpaired) electrons. The highest BCUT2D eigenvalue weighted by atomic mass is 16.6. The monoisotopic (exact) mass is 368 g/mol. The summed E-state index contributed by atoms with van der Waals surface area (Å²) in [5.74, 6) is 1.22. The predicted octanol–water partition coefficient (Wildman–Crippen LogP) is 4.89. The zero-order chi connectivity index (χ0) is 19.1. The first kappa shape index (κ1) is 19.4. The van der Waals surface area contributed by atoms with Crippen molar-refractivity contribution in [3.8, 4) is 11.5 Å². The molecule has 4 nitrogen and oxygen atoms in total. The van der Waals surface area contributed by atoms with E-state index in [2.05, 4.69) is 6.92 Å². The standard InChI is InChI=1S/C23H28O4/c1-2-3-4-8-11-20-22(27-23(20)25)21(24)16-17-12-14-19(15-13-17)26-18-9-6-5-7-10-18/h5-7,9-10,12-15,20-22,24H,2-4,8,11,16H2,1H3/t20-,21-,22-/m0/s1. The van der Waals surface area contributed by atoms with Gasteiger partial charge in [-0.05, 0) is 36.2 Å². The van der Waals surface area contributed by atoms with Gasteiger partial charge in [-0.25, -0.2) is 0 Å². The van der Waals surface area contributed by atoms with Gasteiger partial charge in [0.05, 0.1) is 12.0 Å². The number of esters is 1. The van der Waals surface area contributed by atoms with Crippen LogP contribution < -0.4 is 4.74 Å². The first-order valence-corrected chi connectivity index (χ1v) is 9.87. The fourth-order valence-electron chi connectivity index (χ4n) is 3.46. The van der Waals surface area contributed by atoms with Gasteiger partial charge in [-0.1, -0.05) is 62.9 Å². The summed E-state index contributed by atoms with van der Waals surface area (Å²) in [6.45, 7) is 2.17. The Morgan fingerprint density at radius 2 is 1.70 bits per heavy atom. The minimum Gasteiger partial charge on any atom is -0.458 e. The molecule has 0 saturated carbocycles. The van der Waals surface area contributed by atoms with E-state index in [0.717, 1.165) is 36.3 Å². The molecular formula is C23H28O4. The van der Waals surface area contributed by atoms with Crippen molar-refractivity contribution in [1.82, 2.24) is 0 Å². The van der Waals surface area contributed by atoms with Crippen LogP contribution >= 0.6 is 0 Å². The van der Waals surface area contributed by atoms with Gasteiger partial charge < -0.3 is 14.6 Å². The van der Waals surface area contributed by atoms with Crippen molar-refractivity contribution in [1.29, 1.82) is 0 Å². The van der Waals surface area contributed by atoms with Gasteiger partial charge in [-0.15, -0.1) is 0 Å². The van der Waals surface area contributed by atoms with Crippen LogP contribution in [0.4, 0.5) is 0 Å². The van der Waals surface area contributed by atoms with Crippen molar-refractivity contribution in [2.24, 2.45) is 5.92 Å². The molecule has 1 aliphatic rings. The molecule has 0 amide bonds. The van der Waals surface area contributed by atoms with Crippen molar-refractivity contribution in [2.75, 3.05) is 0 Å². The van der Waals surface area contributed by atoms with E-state index in [0.29, 0.717) is 6.42 Å². The molecule has 0 aromatic heterocycles. The van der Waals surface area contributed by atoms with Crippen LogP contribution in [0, 0.1) is 5.92 Å². The van der Waals surface area contributed by atoms with Gasteiger partial charge in [-0.3, -0.25) is 4.79 Å². The lowest BCUT2D eigenvalue weighted by Crippen LogP contribution is -2.52. The van der Waals surface area contributed by atoms with Crippen LogP contribution in [-0.2, 0) is 16.0 Å². The Hall–Kier alpha value is -2.33. The largest absolute Gasteiger partial charge is 0.458 e. The van der Waals surface area contributed by atoms with Crippen molar-refractivity contribution in [3.63, 3.8) is 0 Å². The number of unbranched alkanes of at least 4 members (excludes halogenated alkanes) is 3. The van der Waals surface area contributed by atoms with Crippen LogP contribution in [0.2, 0.25) is 0 Å². The highest BCUT2D eigenvalue weighted by Gasteiger charge is 2.45. The summed E-state index contributed by atoms with van der Waals surface area (Å²) < 4.78 is 11.0. The van der Waals surface area contributed by atoms with E-state index in [4.69, 9.17) is 9.47 Å². The Morgan fingerprint density at radius 1 is 1.00 bits per heavy atom. The number of carbonyl (C=O) groups is 1. The number of aliphatic hydroxyl groups is 1. The second kappa shape index (κ2) is 9.56. The lowest BCUT2D eigenvalue weighted by atomic mass is 9.85. The molecule has 4 heteroatoms. The van der Waals surface area contributed by atoms with Crippen LogP contribution in [0.15, 0.2) is 54.6 Å². The van der Waals surface area contributed by atoms with E-state index in [-0.39, 0.29) is 18.0 Å². The first-order chi connectivity index (χ1) is 13.2. The van der Waals surface area contributed by atoms with Crippen LogP contribution in [0.1, 0.15) is 44.6 Å². The molecular weight excluding hydrogens is 340 g/mol. The highest BCUT2D eigenvalue weighted by Crippen LogP contribution is 2.31. The van der Waals surface area contributed by atoms with Crippen LogP contribution in [-0.4, -0.2) is 23.3 Å². The fraction of sp³-hybridized carbons (Fsp3) is 0.435. The molecule has 27 heavy (non-hydrogen) atoms. The number of aliphatic hydroxyl groups excluding tert-OH is 1. The lowest BCUT2D eigenvalue weighted by molar-refractivity contribution is -0.199. The Bertz CT molecular complexity index is 711. The van der Waals surface area contributed by atoms with Crippen LogP contribution in [0.5, 0.6) is 11.5 Å². The normalized spacial score (nSPS) is 19.9. The first-order valence-electron chi connectivity index (χ1n) is 9.87. The molecule has 1 saturated heterocycles. The number of para-hydroxylation sites is 1. The zero-order valence-electron chi connectivity index (χ0n) is 15.8. The Balaban J connectivity index is 1.50. The van der Waals surface area contributed by atoms with Gasteiger partial charge in [0.25, 0.3) is 0 Å². The minimum atomic E-state index is -0.667. The van der Waals surface area contributed by atoms with E-state index in [1.807, 2.05) is 54.6 Å². The molecule has 1 N–H and O–H groups in total. The van der Waals surface area contributed by atoms with Crippen LogP contribution in [0.25, 0.3) is 0 Å². The molecule has 0 bridgehead atoms. The summed E-state index contributed by atoms with van der Waals surface area (Å²) in [5, 5.41) is 10.5. The smallest absolute Gasteiger partial charge is 0.313 e. The van der Waals surface area contributed by atoms with Gasteiger partial charge in [0.1, 0.15) is 17.6 Å². The molecule has 144 valence electrons. The number of cyclic esters (lactones) is 1. The van der Waals surface area contributed by atoms with E-state index in [9.17, 15) is 9.90 Å². The third-order valence-corrected chi connectivity index (χ3v) is 5.05. The average Bonchev–Trinajstić information content (AvgIpc) is 2.68. The van der Waals surface area contributed by atoms with Crippen molar-refractivity contribution < 1.29 is 19.4 Å². The van der Waals surface area contributed by atoms with Crippen molar-refractivity contribution in [2.45, 2.75) is 57.7 Å². The van der Waals surface area contributed by atoms with Gasteiger partial charge in [0.2, 0.25) is 0 Å². The molecule has 0 spiro atoms. The SMILES string of the molecule is CCCCCC[C@@H]1C(=O)O[C@@H]1[C@@H](O)Cc1ccc(Oc2ccccc2)cc1. The number of carbonyl (C=O) groups excluding carboxylic acids is 1. The maximum atomic E-state index is 11.7. The molecule has 0 unspecified atom stereocenters. The average molecular weight is 368 g/mol. The summed E-state index contributed by atoms with van der Waals surface area (Å²) >= 11 is 0. The van der Waals surface area contributed by atoms with Crippen LogP contribution in [0.3, 0.4) is 0 Å².